The van der Waals surface area contributed by atoms with E-state index in [1.807, 2.05) is 0 Å². The minimum atomic E-state index is -0.987. The lowest BCUT2D eigenvalue weighted by molar-refractivity contribution is -0.132. The van der Waals surface area contributed by atoms with Gasteiger partial charge < -0.3 is 10.4 Å². The zero-order valence-electron chi connectivity index (χ0n) is 9.01. The third-order valence-corrected chi connectivity index (χ3v) is 1.68. The maximum atomic E-state index is 10.9. The molecule has 78 valence electrons. The van der Waals surface area contributed by atoms with Crippen molar-refractivity contribution in [1.29, 1.82) is 0 Å². The van der Waals surface area contributed by atoms with E-state index >= 15 is 0 Å². The lowest BCUT2D eigenvalue weighted by Crippen LogP contribution is -2.17. The zero-order valence-corrected chi connectivity index (χ0v) is 9.01. The molecule has 4 nitrogen and oxygen atoms in total. The molecule has 0 amide bonds. The van der Waals surface area contributed by atoms with Crippen molar-refractivity contribution >= 4 is 11.7 Å². The Hall–Kier alpha value is -1.58. The van der Waals surface area contributed by atoms with Crippen LogP contribution in [0.3, 0.4) is 0 Å². The first-order valence-corrected chi connectivity index (χ1v) is 4.23. The molecule has 0 fully saturated rings. The van der Waals surface area contributed by atoms with Gasteiger partial charge in [0, 0.05) is 18.4 Å². The van der Waals surface area contributed by atoms with Gasteiger partial charge in [0.1, 0.15) is 0 Å². The number of aliphatic carboxylic acids is 1. The molecule has 0 bridgehead atoms. The molecule has 2 N–H and O–H groups in total. The van der Waals surface area contributed by atoms with Crippen molar-refractivity contribution in [3.8, 4) is 0 Å². The number of carboxylic acids is 1. The molecule has 0 rings (SSSR count). The van der Waals surface area contributed by atoms with Gasteiger partial charge in [-0.15, -0.1) is 0 Å². The quantitative estimate of drug-likeness (QED) is 0.530. The van der Waals surface area contributed by atoms with Gasteiger partial charge in [0.25, 0.3) is 0 Å². The summed E-state index contributed by atoms with van der Waals surface area (Å²) in [5.41, 5.74) is 1.82. The van der Waals surface area contributed by atoms with Crippen LogP contribution in [-0.2, 0) is 4.79 Å². The Kier molecular flexibility index (Phi) is 4.63. The second-order valence-electron chi connectivity index (χ2n) is 2.99. The number of rotatable bonds is 4. The Bertz CT molecular complexity index is 314. The van der Waals surface area contributed by atoms with Gasteiger partial charge in [-0.05, 0) is 20.8 Å². The van der Waals surface area contributed by atoms with Crippen molar-refractivity contribution in [2.45, 2.75) is 20.8 Å². The van der Waals surface area contributed by atoms with Gasteiger partial charge in [0.2, 0.25) is 0 Å². The Morgan fingerprint density at radius 3 is 2.14 bits per heavy atom. The molecular formula is C10H16N2O2. The van der Waals surface area contributed by atoms with Crippen LogP contribution in [0.1, 0.15) is 20.8 Å². The highest BCUT2D eigenvalue weighted by Crippen LogP contribution is 2.06. The first-order valence-electron chi connectivity index (χ1n) is 4.23. The Morgan fingerprint density at radius 2 is 1.86 bits per heavy atom. The fourth-order valence-corrected chi connectivity index (χ4v) is 1.05. The predicted molar refractivity (Wildman–Crippen MR) is 57.3 cm³/mol. The van der Waals surface area contributed by atoms with Gasteiger partial charge in [0.15, 0.2) is 0 Å². The summed E-state index contributed by atoms with van der Waals surface area (Å²) >= 11 is 0. The summed E-state index contributed by atoms with van der Waals surface area (Å²) in [4.78, 5) is 14.9. The van der Waals surface area contributed by atoms with E-state index in [9.17, 15) is 4.79 Å². The zero-order chi connectivity index (χ0) is 11.3. The third kappa shape index (κ3) is 3.43. The molecule has 0 aromatic heterocycles. The van der Waals surface area contributed by atoms with Crippen LogP contribution < -0.4 is 5.32 Å². The van der Waals surface area contributed by atoms with Gasteiger partial charge in [-0.1, -0.05) is 6.58 Å². The Morgan fingerprint density at radius 1 is 1.36 bits per heavy atom. The molecule has 0 aromatic carbocycles. The molecule has 0 aromatic rings. The minimum Gasteiger partial charge on any atom is -0.478 e. The van der Waals surface area contributed by atoms with Crippen molar-refractivity contribution in [1.82, 2.24) is 5.32 Å². The maximum absolute atomic E-state index is 10.9. The fourth-order valence-electron chi connectivity index (χ4n) is 1.05. The molecule has 14 heavy (non-hydrogen) atoms. The first-order chi connectivity index (χ1) is 6.40. The Balaban J connectivity index is 5.25. The van der Waals surface area contributed by atoms with E-state index in [1.54, 1.807) is 27.8 Å². The van der Waals surface area contributed by atoms with E-state index < -0.39 is 5.97 Å². The summed E-state index contributed by atoms with van der Waals surface area (Å²) in [5, 5.41) is 11.7. The summed E-state index contributed by atoms with van der Waals surface area (Å²) in [7, 11) is 1.67. The smallest absolute Gasteiger partial charge is 0.339 e. The number of allylic oxidation sites excluding steroid dienone is 2. The standard InChI is InChI=1S/C10H16N2O2/c1-6(2)12-8(4)9(10(13)14)7(3)11-5/h11H,1H2,2-5H3,(H,13,14)/b9-7+,12-8-. The molecular weight excluding hydrogens is 180 g/mol. The monoisotopic (exact) mass is 196 g/mol. The minimum absolute atomic E-state index is 0.190. The molecule has 0 radical (unpaired) electrons. The lowest BCUT2D eigenvalue weighted by Gasteiger charge is -2.07. The molecule has 0 unspecified atom stereocenters. The fraction of sp³-hybridized carbons (Fsp3) is 0.400. The molecule has 0 saturated heterocycles. The number of hydrogen-bond acceptors (Lipinski definition) is 3. The van der Waals surface area contributed by atoms with E-state index in [4.69, 9.17) is 5.11 Å². The molecule has 0 aliphatic carbocycles. The van der Waals surface area contributed by atoms with Gasteiger partial charge in [0.05, 0.1) is 11.3 Å². The van der Waals surface area contributed by atoms with Crippen molar-refractivity contribution in [3.05, 3.63) is 23.5 Å². The average Bonchev–Trinajstić information content (AvgIpc) is 2.01. The number of nitrogens with zero attached hydrogens (tertiary/aromatic N) is 1. The van der Waals surface area contributed by atoms with E-state index in [0.29, 0.717) is 17.1 Å². The highest BCUT2D eigenvalue weighted by Gasteiger charge is 2.14. The number of aliphatic imine (C=N–C) groups is 1. The largest absolute Gasteiger partial charge is 0.478 e. The van der Waals surface area contributed by atoms with E-state index in [2.05, 4.69) is 16.9 Å². The highest BCUT2D eigenvalue weighted by atomic mass is 16.4. The number of carbonyl (C=O) groups is 1. The van der Waals surface area contributed by atoms with Crippen LogP contribution in [0, 0.1) is 0 Å². The van der Waals surface area contributed by atoms with Gasteiger partial charge in [-0.25, -0.2) is 4.79 Å². The molecule has 0 atom stereocenters. The van der Waals surface area contributed by atoms with Crippen LogP contribution >= 0.6 is 0 Å². The normalized spacial score (nSPS) is 13.3. The third-order valence-electron chi connectivity index (χ3n) is 1.68. The van der Waals surface area contributed by atoms with Gasteiger partial charge >= 0.3 is 5.97 Å². The molecule has 0 saturated carbocycles. The van der Waals surface area contributed by atoms with Crippen molar-refractivity contribution in [2.75, 3.05) is 7.05 Å². The van der Waals surface area contributed by atoms with Gasteiger partial charge in [-0.2, -0.15) is 0 Å². The summed E-state index contributed by atoms with van der Waals surface area (Å²) in [6.45, 7) is 8.67. The Labute approximate surface area is 84.0 Å². The second-order valence-corrected chi connectivity index (χ2v) is 2.99. The average molecular weight is 196 g/mol. The molecule has 0 spiro atoms. The van der Waals surface area contributed by atoms with Gasteiger partial charge in [-0.3, -0.25) is 4.99 Å². The number of nitrogens with one attached hydrogen (secondary N) is 1. The van der Waals surface area contributed by atoms with E-state index in [1.165, 1.54) is 0 Å². The molecule has 4 heteroatoms. The predicted octanol–water partition coefficient (Wildman–Crippen LogP) is 1.56. The van der Waals surface area contributed by atoms with Crippen LogP contribution in [0.25, 0.3) is 0 Å². The van der Waals surface area contributed by atoms with Crippen molar-refractivity contribution in [3.63, 3.8) is 0 Å². The summed E-state index contributed by atoms with van der Waals surface area (Å²) in [5.74, 6) is -0.987. The van der Waals surface area contributed by atoms with Crippen LogP contribution in [0.15, 0.2) is 28.5 Å². The SMILES string of the molecule is C=C(C)/N=C(C)\C(C(=O)O)=C(\C)NC. The maximum Gasteiger partial charge on any atom is 0.339 e. The van der Waals surface area contributed by atoms with Crippen molar-refractivity contribution in [2.24, 2.45) is 4.99 Å². The molecule has 0 aliphatic heterocycles. The lowest BCUT2D eigenvalue weighted by atomic mass is 10.1. The van der Waals surface area contributed by atoms with Crippen LogP contribution in [0.4, 0.5) is 0 Å². The van der Waals surface area contributed by atoms with Crippen LogP contribution in [0.5, 0.6) is 0 Å². The molecule has 0 heterocycles. The topological polar surface area (TPSA) is 61.7 Å². The highest BCUT2D eigenvalue weighted by molar-refractivity contribution is 6.18. The number of hydrogen-bond donors (Lipinski definition) is 2. The summed E-state index contributed by atoms with van der Waals surface area (Å²) < 4.78 is 0. The first kappa shape index (κ1) is 12.4. The van der Waals surface area contributed by atoms with Crippen LogP contribution in [0.2, 0.25) is 0 Å². The van der Waals surface area contributed by atoms with Crippen molar-refractivity contribution < 1.29 is 9.90 Å². The summed E-state index contributed by atoms with van der Waals surface area (Å²) in [6, 6.07) is 0. The van der Waals surface area contributed by atoms with E-state index in [-0.39, 0.29) is 5.57 Å². The van der Waals surface area contributed by atoms with E-state index in [0.717, 1.165) is 0 Å². The summed E-state index contributed by atoms with van der Waals surface area (Å²) in [6.07, 6.45) is 0. The number of carboxylic acid groups (broad SMARTS) is 1. The second kappa shape index (κ2) is 5.21. The van der Waals surface area contributed by atoms with Crippen LogP contribution in [-0.4, -0.2) is 23.8 Å². The molecule has 0 aliphatic rings.